The highest BCUT2D eigenvalue weighted by molar-refractivity contribution is 7.90. The quantitative estimate of drug-likeness (QED) is 0.891. The zero-order chi connectivity index (χ0) is 13.3. The lowest BCUT2D eigenvalue weighted by Crippen LogP contribution is -2.06. The minimum Gasteiger partial charge on any atom is -0.494 e. The Hall–Kier alpha value is -2.02. The number of nitrogen functional groups attached to an aromatic ring is 1. The smallest absolute Gasteiger partial charge is 0.180 e. The van der Waals surface area contributed by atoms with Crippen molar-refractivity contribution in [2.45, 2.75) is 4.90 Å². The van der Waals surface area contributed by atoms with Gasteiger partial charge in [-0.05, 0) is 12.1 Å². The molecule has 0 spiro atoms. The van der Waals surface area contributed by atoms with Crippen molar-refractivity contribution in [1.82, 2.24) is 9.78 Å². The molecule has 0 atom stereocenters. The lowest BCUT2D eigenvalue weighted by molar-refractivity contribution is 0.412. The Bertz CT molecular complexity index is 677. The van der Waals surface area contributed by atoms with Gasteiger partial charge >= 0.3 is 0 Å². The molecule has 18 heavy (non-hydrogen) atoms. The molecule has 0 amide bonds. The molecule has 0 aliphatic carbocycles. The topological polar surface area (TPSA) is 87.2 Å². The summed E-state index contributed by atoms with van der Waals surface area (Å²) in [6.07, 6.45) is 2.32. The highest BCUT2D eigenvalue weighted by Crippen LogP contribution is 2.27. The number of anilines is 1. The first-order valence-corrected chi connectivity index (χ1v) is 7.01. The number of hydrogen-bond donors (Lipinski definition) is 1. The van der Waals surface area contributed by atoms with Gasteiger partial charge in [0.1, 0.15) is 22.2 Å². The van der Waals surface area contributed by atoms with Gasteiger partial charge in [-0.2, -0.15) is 5.10 Å². The van der Waals surface area contributed by atoms with E-state index in [0.717, 1.165) is 6.26 Å². The van der Waals surface area contributed by atoms with Crippen molar-refractivity contribution in [2.75, 3.05) is 19.1 Å². The Morgan fingerprint density at radius 2 is 2.00 bits per heavy atom. The fourth-order valence-electron chi connectivity index (χ4n) is 1.63. The van der Waals surface area contributed by atoms with Crippen LogP contribution in [0.2, 0.25) is 0 Å². The van der Waals surface area contributed by atoms with Gasteiger partial charge in [-0.15, -0.1) is 0 Å². The third-order valence-corrected chi connectivity index (χ3v) is 3.60. The Kier molecular flexibility index (Phi) is 3.00. The van der Waals surface area contributed by atoms with E-state index in [-0.39, 0.29) is 10.7 Å². The number of hydrogen-bond acceptors (Lipinski definition) is 5. The molecule has 0 aliphatic rings. The first-order chi connectivity index (χ1) is 8.45. The fourth-order valence-corrected chi connectivity index (χ4v) is 2.33. The number of benzene rings is 1. The summed E-state index contributed by atoms with van der Waals surface area (Å²) in [4.78, 5) is 0.00778. The van der Waals surface area contributed by atoms with Gasteiger partial charge in [0.2, 0.25) is 0 Å². The fraction of sp³-hybridized carbons (Fsp3) is 0.182. The van der Waals surface area contributed by atoms with Gasteiger partial charge in [-0.1, -0.05) is 12.1 Å². The van der Waals surface area contributed by atoms with Crippen molar-refractivity contribution in [3.8, 4) is 11.4 Å². The van der Waals surface area contributed by atoms with Crippen LogP contribution in [0.3, 0.4) is 0 Å². The zero-order valence-corrected chi connectivity index (χ0v) is 10.8. The molecule has 2 N–H and O–H groups in total. The molecule has 0 saturated carbocycles. The van der Waals surface area contributed by atoms with Crippen LogP contribution in [-0.4, -0.2) is 31.6 Å². The third kappa shape index (κ3) is 2.04. The molecular weight excluding hydrogens is 254 g/mol. The van der Waals surface area contributed by atoms with E-state index in [0.29, 0.717) is 11.4 Å². The predicted octanol–water partition coefficient (Wildman–Crippen LogP) is 0.867. The maximum Gasteiger partial charge on any atom is 0.180 e. The van der Waals surface area contributed by atoms with Crippen LogP contribution in [-0.2, 0) is 9.84 Å². The number of nitrogens with zero attached hydrogens (tertiary/aromatic N) is 2. The minimum absolute atomic E-state index is 0.00778. The molecule has 0 fully saturated rings. The van der Waals surface area contributed by atoms with E-state index in [1.54, 1.807) is 24.3 Å². The molecule has 2 rings (SSSR count). The second-order valence-corrected chi connectivity index (χ2v) is 5.73. The van der Waals surface area contributed by atoms with E-state index in [2.05, 4.69) is 5.10 Å². The molecule has 1 aromatic heterocycles. The Labute approximate surface area is 105 Å². The standard InChI is InChI=1S/C11H13N3O3S/c1-17-9-6-4-3-5-8(9)14-11(12)10(7-13-14)18(2,15)16/h3-7H,12H2,1-2H3. The monoisotopic (exact) mass is 267 g/mol. The van der Waals surface area contributed by atoms with Crippen molar-refractivity contribution in [3.63, 3.8) is 0 Å². The average Bonchev–Trinajstić information content (AvgIpc) is 2.70. The second-order valence-electron chi connectivity index (χ2n) is 3.75. The number of sulfone groups is 1. The normalized spacial score (nSPS) is 11.4. The molecule has 0 radical (unpaired) electrons. The molecule has 0 bridgehead atoms. The van der Waals surface area contributed by atoms with Gasteiger partial charge in [-0.25, -0.2) is 13.1 Å². The Morgan fingerprint density at radius 1 is 1.33 bits per heavy atom. The highest BCUT2D eigenvalue weighted by Gasteiger charge is 2.19. The number of methoxy groups -OCH3 is 1. The Morgan fingerprint density at radius 3 is 2.56 bits per heavy atom. The van der Waals surface area contributed by atoms with Crippen molar-refractivity contribution < 1.29 is 13.2 Å². The lowest BCUT2D eigenvalue weighted by atomic mass is 10.3. The van der Waals surface area contributed by atoms with E-state index < -0.39 is 9.84 Å². The molecule has 96 valence electrons. The number of rotatable bonds is 3. The molecule has 7 heteroatoms. The molecule has 2 aromatic rings. The van der Waals surface area contributed by atoms with Crippen molar-refractivity contribution in [3.05, 3.63) is 30.5 Å². The van der Waals surface area contributed by atoms with Crippen LogP contribution in [0, 0.1) is 0 Å². The summed E-state index contributed by atoms with van der Waals surface area (Å²) in [7, 11) is -1.87. The van der Waals surface area contributed by atoms with Gasteiger partial charge in [0, 0.05) is 6.26 Å². The van der Waals surface area contributed by atoms with Gasteiger partial charge in [0.05, 0.1) is 13.3 Å². The highest BCUT2D eigenvalue weighted by atomic mass is 32.2. The van der Waals surface area contributed by atoms with Crippen LogP contribution in [0.1, 0.15) is 0 Å². The first-order valence-electron chi connectivity index (χ1n) is 5.12. The number of nitrogens with two attached hydrogens (primary N) is 1. The SMILES string of the molecule is COc1ccccc1-n1ncc(S(C)(=O)=O)c1N. The van der Waals surface area contributed by atoms with E-state index >= 15 is 0 Å². The molecular formula is C11H13N3O3S. The van der Waals surface area contributed by atoms with Crippen LogP contribution < -0.4 is 10.5 Å². The summed E-state index contributed by atoms with van der Waals surface area (Å²) in [5.74, 6) is 0.634. The van der Waals surface area contributed by atoms with E-state index in [4.69, 9.17) is 10.5 Å². The van der Waals surface area contributed by atoms with Crippen LogP contribution in [0.25, 0.3) is 5.69 Å². The second kappa shape index (κ2) is 4.34. The summed E-state index contributed by atoms with van der Waals surface area (Å²) in [6.45, 7) is 0. The summed E-state index contributed by atoms with van der Waals surface area (Å²) in [6, 6.07) is 7.09. The largest absolute Gasteiger partial charge is 0.494 e. The van der Waals surface area contributed by atoms with Crippen molar-refractivity contribution in [1.29, 1.82) is 0 Å². The van der Waals surface area contributed by atoms with Crippen LogP contribution in [0.5, 0.6) is 5.75 Å². The van der Waals surface area contributed by atoms with Crippen molar-refractivity contribution >= 4 is 15.7 Å². The number of ether oxygens (including phenoxy) is 1. The number of para-hydroxylation sites is 2. The van der Waals surface area contributed by atoms with E-state index in [1.165, 1.54) is 18.0 Å². The maximum atomic E-state index is 11.5. The molecule has 0 unspecified atom stereocenters. The van der Waals surface area contributed by atoms with Gasteiger partial charge < -0.3 is 10.5 Å². The number of aromatic nitrogens is 2. The predicted molar refractivity (Wildman–Crippen MR) is 67.6 cm³/mol. The van der Waals surface area contributed by atoms with Gasteiger partial charge in [-0.3, -0.25) is 0 Å². The van der Waals surface area contributed by atoms with Crippen LogP contribution in [0.4, 0.5) is 5.82 Å². The minimum atomic E-state index is -3.39. The maximum absolute atomic E-state index is 11.5. The zero-order valence-electron chi connectivity index (χ0n) is 9.99. The molecule has 0 saturated heterocycles. The van der Waals surface area contributed by atoms with Gasteiger partial charge in [0.25, 0.3) is 0 Å². The third-order valence-electron chi connectivity index (χ3n) is 2.48. The van der Waals surface area contributed by atoms with E-state index in [9.17, 15) is 8.42 Å². The summed E-state index contributed by atoms with van der Waals surface area (Å²) < 4.78 is 29.5. The van der Waals surface area contributed by atoms with Crippen LogP contribution in [0.15, 0.2) is 35.4 Å². The first kappa shape index (κ1) is 12.4. The van der Waals surface area contributed by atoms with E-state index in [1.807, 2.05) is 0 Å². The van der Waals surface area contributed by atoms with Crippen molar-refractivity contribution in [2.24, 2.45) is 0 Å². The summed E-state index contributed by atoms with van der Waals surface area (Å²) >= 11 is 0. The lowest BCUT2D eigenvalue weighted by Gasteiger charge is -2.09. The molecule has 1 aromatic carbocycles. The van der Waals surface area contributed by atoms with Crippen LogP contribution >= 0.6 is 0 Å². The molecule has 6 nitrogen and oxygen atoms in total. The Balaban J connectivity index is 2.63. The average molecular weight is 267 g/mol. The summed E-state index contributed by atoms with van der Waals surface area (Å²) in [5, 5.41) is 3.99. The van der Waals surface area contributed by atoms with Gasteiger partial charge in [0.15, 0.2) is 9.84 Å². The molecule has 0 aliphatic heterocycles. The summed E-state index contributed by atoms with van der Waals surface area (Å²) in [5.41, 5.74) is 6.40. The molecule has 1 heterocycles.